The molecular weight excluding hydrogens is 220 g/mol. The van der Waals surface area contributed by atoms with Gasteiger partial charge in [-0.3, -0.25) is 5.73 Å². The maximum atomic E-state index is 11.3. The number of carbonyl (C=O) groups is 1. The highest BCUT2D eigenvalue weighted by Gasteiger charge is 2.05. The topological polar surface area (TPSA) is 99.4 Å². The Bertz CT molecular complexity index is 353. The Hall–Kier alpha value is -1.95. The molecule has 0 aliphatic heterocycles. The van der Waals surface area contributed by atoms with Crippen molar-refractivity contribution in [1.29, 1.82) is 0 Å². The number of phenolic OH excluding ortho intramolecular Hbond substituents is 1. The van der Waals surface area contributed by atoms with Crippen molar-refractivity contribution < 1.29 is 9.90 Å². The maximum Gasteiger partial charge on any atom is 0.317 e. The monoisotopic (exact) mass is 238 g/mol. The van der Waals surface area contributed by atoms with E-state index in [2.05, 4.69) is 16.0 Å². The Kier molecular flexibility index (Phi) is 5.09. The summed E-state index contributed by atoms with van der Waals surface area (Å²) in [6, 6.07) is 6.09. The molecule has 6 heteroatoms. The number of hydrogen-bond acceptors (Lipinski definition) is 4. The lowest BCUT2D eigenvalue weighted by atomic mass is 10.3. The van der Waals surface area contributed by atoms with Crippen molar-refractivity contribution in [2.45, 2.75) is 19.6 Å². The number of nitrogens with one attached hydrogen (secondary N) is 3. The van der Waals surface area contributed by atoms with E-state index in [1.165, 1.54) is 12.1 Å². The zero-order valence-corrected chi connectivity index (χ0v) is 9.73. The average molecular weight is 238 g/mol. The summed E-state index contributed by atoms with van der Waals surface area (Å²) in [4.78, 5) is 11.3. The highest BCUT2D eigenvalue weighted by atomic mass is 16.3. The van der Waals surface area contributed by atoms with Gasteiger partial charge in [-0.15, -0.1) is 0 Å². The van der Waals surface area contributed by atoms with Gasteiger partial charge in [0.1, 0.15) is 5.75 Å². The van der Waals surface area contributed by atoms with Crippen LogP contribution in [0.4, 0.5) is 10.5 Å². The minimum absolute atomic E-state index is 0.178. The van der Waals surface area contributed by atoms with E-state index >= 15 is 0 Å². The molecule has 1 rings (SSSR count). The molecule has 1 unspecified atom stereocenters. The van der Waals surface area contributed by atoms with Crippen LogP contribution < -0.4 is 21.7 Å². The van der Waals surface area contributed by atoms with Crippen molar-refractivity contribution in [2.75, 3.05) is 11.9 Å². The molecular formula is C11H18N4O2. The van der Waals surface area contributed by atoms with Gasteiger partial charge >= 0.3 is 6.03 Å². The highest BCUT2D eigenvalue weighted by Crippen LogP contribution is 2.13. The molecule has 0 saturated carbocycles. The molecule has 0 heterocycles. The largest absolute Gasteiger partial charge is 0.508 e. The van der Waals surface area contributed by atoms with Crippen molar-refractivity contribution in [1.82, 2.24) is 10.6 Å². The van der Waals surface area contributed by atoms with E-state index in [1.54, 1.807) is 12.1 Å². The molecule has 0 radical (unpaired) electrons. The van der Waals surface area contributed by atoms with E-state index in [0.717, 1.165) is 6.42 Å². The van der Waals surface area contributed by atoms with Crippen LogP contribution in [0.1, 0.15) is 13.3 Å². The lowest BCUT2D eigenvalue weighted by molar-refractivity contribution is 0.238. The molecule has 1 atom stereocenters. The number of benzene rings is 1. The number of phenols is 1. The molecule has 0 spiro atoms. The number of carbonyl (C=O) groups excluding carboxylic acids is 1. The second-order valence-corrected chi connectivity index (χ2v) is 3.57. The number of nitrogens with two attached hydrogens (primary N) is 1. The first-order valence-electron chi connectivity index (χ1n) is 5.47. The third-order valence-corrected chi connectivity index (χ3v) is 2.01. The number of amides is 2. The average Bonchev–Trinajstić information content (AvgIpc) is 2.29. The van der Waals surface area contributed by atoms with Gasteiger partial charge in [0.05, 0.1) is 0 Å². The van der Waals surface area contributed by atoms with Gasteiger partial charge < -0.3 is 21.1 Å². The van der Waals surface area contributed by atoms with E-state index in [0.29, 0.717) is 12.2 Å². The molecule has 6 N–H and O–H groups in total. The fraction of sp³-hybridized carbons (Fsp3) is 0.364. The lowest BCUT2D eigenvalue weighted by Gasteiger charge is -2.17. The number of anilines is 1. The van der Waals surface area contributed by atoms with Gasteiger partial charge in [0.2, 0.25) is 0 Å². The van der Waals surface area contributed by atoms with Gasteiger partial charge in [0, 0.05) is 12.2 Å². The normalized spacial score (nSPS) is 11.6. The van der Waals surface area contributed by atoms with Crippen LogP contribution in [0.5, 0.6) is 5.75 Å². The van der Waals surface area contributed by atoms with Crippen LogP contribution in [0, 0.1) is 0 Å². The van der Waals surface area contributed by atoms with Crippen LogP contribution in [-0.2, 0) is 0 Å². The van der Waals surface area contributed by atoms with E-state index in [-0.39, 0.29) is 11.8 Å². The van der Waals surface area contributed by atoms with Gasteiger partial charge in [0.25, 0.3) is 0 Å². The fourth-order valence-electron chi connectivity index (χ4n) is 1.20. The Morgan fingerprint density at radius 3 is 2.65 bits per heavy atom. The van der Waals surface area contributed by atoms with E-state index in [1.807, 2.05) is 6.92 Å². The molecule has 0 aliphatic rings. The number of aromatic hydroxyl groups is 1. The van der Waals surface area contributed by atoms with Gasteiger partial charge in [-0.2, -0.15) is 0 Å². The van der Waals surface area contributed by atoms with Crippen molar-refractivity contribution >= 4 is 11.7 Å². The van der Waals surface area contributed by atoms with Crippen LogP contribution in [0.2, 0.25) is 0 Å². The molecule has 1 aromatic carbocycles. The van der Waals surface area contributed by atoms with Crippen LogP contribution in [-0.4, -0.2) is 24.0 Å². The summed E-state index contributed by atoms with van der Waals surface area (Å²) in [6.45, 7) is 2.58. The third-order valence-electron chi connectivity index (χ3n) is 2.01. The zero-order chi connectivity index (χ0) is 12.7. The summed E-state index contributed by atoms with van der Waals surface area (Å²) in [5, 5.41) is 17.1. The Morgan fingerprint density at radius 1 is 1.41 bits per heavy atom. The molecule has 2 amide bonds. The molecule has 17 heavy (non-hydrogen) atoms. The molecule has 0 fully saturated rings. The summed E-state index contributed by atoms with van der Waals surface area (Å²) in [5.41, 5.74) is 6.38. The summed E-state index contributed by atoms with van der Waals surface area (Å²) >= 11 is 0. The smallest absolute Gasteiger partial charge is 0.317 e. The molecule has 0 aromatic heterocycles. The maximum absolute atomic E-state index is 11.3. The van der Waals surface area contributed by atoms with Gasteiger partial charge in [0.15, 0.2) is 6.29 Å². The fourth-order valence-corrected chi connectivity index (χ4v) is 1.20. The minimum atomic E-state index is -0.684. The minimum Gasteiger partial charge on any atom is -0.508 e. The summed E-state index contributed by atoms with van der Waals surface area (Å²) in [5.74, 6) is 0.178. The zero-order valence-electron chi connectivity index (χ0n) is 9.73. The predicted molar refractivity (Wildman–Crippen MR) is 66.5 cm³/mol. The van der Waals surface area contributed by atoms with Crippen LogP contribution in [0.3, 0.4) is 0 Å². The first-order valence-corrected chi connectivity index (χ1v) is 5.47. The second kappa shape index (κ2) is 6.59. The van der Waals surface area contributed by atoms with Crippen LogP contribution in [0.25, 0.3) is 0 Å². The second-order valence-electron chi connectivity index (χ2n) is 3.57. The molecule has 1 aromatic rings. The van der Waals surface area contributed by atoms with Crippen molar-refractivity contribution in [3.63, 3.8) is 0 Å². The van der Waals surface area contributed by atoms with E-state index < -0.39 is 6.29 Å². The SMILES string of the molecule is CCCNC(=O)NC(N)Nc1ccc(O)cc1. The Labute approximate surface area is 100 Å². The molecule has 0 bridgehead atoms. The molecule has 0 aliphatic carbocycles. The Morgan fingerprint density at radius 2 is 2.06 bits per heavy atom. The molecule has 94 valence electrons. The van der Waals surface area contributed by atoms with Crippen molar-refractivity contribution in [3.8, 4) is 5.75 Å². The summed E-state index contributed by atoms with van der Waals surface area (Å²) in [6.07, 6.45) is 0.185. The van der Waals surface area contributed by atoms with Crippen LogP contribution in [0.15, 0.2) is 24.3 Å². The van der Waals surface area contributed by atoms with Crippen LogP contribution >= 0.6 is 0 Å². The van der Waals surface area contributed by atoms with Gasteiger partial charge in [-0.05, 0) is 30.7 Å². The number of urea groups is 1. The summed E-state index contributed by atoms with van der Waals surface area (Å²) < 4.78 is 0. The quantitative estimate of drug-likeness (QED) is 0.386. The van der Waals surface area contributed by atoms with Crippen molar-refractivity contribution in [2.24, 2.45) is 5.73 Å². The van der Waals surface area contributed by atoms with E-state index in [9.17, 15) is 4.79 Å². The van der Waals surface area contributed by atoms with Crippen molar-refractivity contribution in [3.05, 3.63) is 24.3 Å². The summed E-state index contributed by atoms with van der Waals surface area (Å²) in [7, 11) is 0. The van der Waals surface area contributed by atoms with Gasteiger partial charge in [-0.25, -0.2) is 4.79 Å². The van der Waals surface area contributed by atoms with Gasteiger partial charge in [-0.1, -0.05) is 6.92 Å². The lowest BCUT2D eigenvalue weighted by Crippen LogP contribution is -2.51. The first-order chi connectivity index (χ1) is 8.11. The first kappa shape index (κ1) is 13.1. The van der Waals surface area contributed by atoms with E-state index in [4.69, 9.17) is 10.8 Å². The number of rotatable bonds is 5. The standard InChI is InChI=1S/C11H18N4O2/c1-2-7-13-11(17)15-10(12)14-8-3-5-9(16)6-4-8/h3-6,10,14,16H,2,7,12H2,1H3,(H2,13,15,17). The predicted octanol–water partition coefficient (Wildman–Crippen LogP) is 0.756. The molecule has 6 nitrogen and oxygen atoms in total. The highest BCUT2D eigenvalue weighted by molar-refractivity contribution is 5.74. The molecule has 0 saturated heterocycles. The number of hydrogen-bond donors (Lipinski definition) is 5. The Balaban J connectivity index is 2.36. The third kappa shape index (κ3) is 5.07.